The molecule has 0 radical (unpaired) electrons. The molecule has 2 heterocycles. The Hall–Kier alpha value is -3.21. The monoisotopic (exact) mass is 372 g/mol. The molecule has 3 aromatic rings. The van der Waals surface area contributed by atoms with Crippen molar-refractivity contribution in [2.24, 2.45) is 0 Å². The fraction of sp³-hybridized carbons (Fsp3) is 0.261. The highest BCUT2D eigenvalue weighted by molar-refractivity contribution is 5.94. The van der Waals surface area contributed by atoms with E-state index in [1.807, 2.05) is 60.4 Å². The number of piperazine rings is 1. The number of aromatic nitrogens is 2. The maximum Gasteiger partial charge on any atom is 0.253 e. The van der Waals surface area contributed by atoms with Gasteiger partial charge in [0.25, 0.3) is 5.91 Å². The summed E-state index contributed by atoms with van der Waals surface area (Å²) in [6.45, 7) is 6.99. The number of aryl methyl sites for hydroxylation is 2. The van der Waals surface area contributed by atoms with Gasteiger partial charge in [0.05, 0.1) is 0 Å². The van der Waals surface area contributed by atoms with E-state index >= 15 is 0 Å². The molecule has 2 aromatic carbocycles. The number of hydrogen-bond acceptors (Lipinski definition) is 4. The number of carbonyl (C=O) groups is 1. The van der Waals surface area contributed by atoms with Crippen molar-refractivity contribution in [2.75, 3.05) is 31.1 Å². The Morgan fingerprint density at radius 1 is 0.857 bits per heavy atom. The average molecular weight is 372 g/mol. The molecular weight excluding hydrogens is 348 g/mol. The van der Waals surface area contributed by atoms with Crippen molar-refractivity contribution in [2.45, 2.75) is 13.8 Å². The van der Waals surface area contributed by atoms with E-state index in [0.717, 1.165) is 41.6 Å². The van der Waals surface area contributed by atoms with Crippen LogP contribution in [0.5, 0.6) is 0 Å². The van der Waals surface area contributed by atoms with Gasteiger partial charge in [-0.2, -0.15) is 0 Å². The van der Waals surface area contributed by atoms with Crippen molar-refractivity contribution in [3.8, 4) is 11.4 Å². The van der Waals surface area contributed by atoms with Crippen molar-refractivity contribution in [1.29, 1.82) is 0 Å². The quantitative estimate of drug-likeness (QED) is 0.703. The Bertz CT molecular complexity index is 979. The van der Waals surface area contributed by atoms with Crippen LogP contribution in [0.3, 0.4) is 0 Å². The van der Waals surface area contributed by atoms with E-state index in [4.69, 9.17) is 4.98 Å². The highest BCUT2D eigenvalue weighted by Crippen LogP contribution is 2.22. The Labute approximate surface area is 165 Å². The number of rotatable bonds is 3. The van der Waals surface area contributed by atoms with Crippen LogP contribution >= 0.6 is 0 Å². The Balaban J connectivity index is 1.50. The van der Waals surface area contributed by atoms with Gasteiger partial charge in [-0.25, -0.2) is 9.97 Å². The number of nitrogens with zero attached hydrogens (tertiary/aromatic N) is 4. The zero-order chi connectivity index (χ0) is 19.5. The SMILES string of the molecule is Cc1cccc(-c2nc(C)cc(N3CCN(C(=O)c4ccccc4)CC3)n2)c1. The molecule has 1 fully saturated rings. The zero-order valence-corrected chi connectivity index (χ0v) is 16.3. The van der Waals surface area contributed by atoms with Gasteiger partial charge in [-0.1, -0.05) is 42.0 Å². The molecule has 1 saturated heterocycles. The predicted octanol–water partition coefficient (Wildman–Crippen LogP) is 3.72. The van der Waals surface area contributed by atoms with E-state index in [1.54, 1.807) is 0 Å². The highest BCUT2D eigenvalue weighted by Gasteiger charge is 2.23. The van der Waals surface area contributed by atoms with Crippen LogP contribution in [0.15, 0.2) is 60.7 Å². The molecule has 28 heavy (non-hydrogen) atoms. The number of carbonyl (C=O) groups excluding carboxylic acids is 1. The van der Waals surface area contributed by atoms with Crippen LogP contribution in [-0.2, 0) is 0 Å². The average Bonchev–Trinajstić information content (AvgIpc) is 2.73. The van der Waals surface area contributed by atoms with E-state index in [9.17, 15) is 4.79 Å². The first kappa shape index (κ1) is 18.2. The van der Waals surface area contributed by atoms with Gasteiger partial charge in [0.1, 0.15) is 5.82 Å². The topological polar surface area (TPSA) is 49.3 Å². The van der Waals surface area contributed by atoms with Crippen molar-refractivity contribution in [3.63, 3.8) is 0 Å². The lowest BCUT2D eigenvalue weighted by atomic mass is 10.1. The number of benzene rings is 2. The van der Waals surface area contributed by atoms with Gasteiger partial charge in [0, 0.05) is 49.1 Å². The second-order valence-corrected chi connectivity index (χ2v) is 7.21. The third-order valence-electron chi connectivity index (χ3n) is 5.03. The fourth-order valence-electron chi connectivity index (χ4n) is 3.53. The van der Waals surface area contributed by atoms with Crippen molar-refractivity contribution >= 4 is 11.7 Å². The minimum Gasteiger partial charge on any atom is -0.353 e. The molecule has 5 nitrogen and oxygen atoms in total. The summed E-state index contributed by atoms with van der Waals surface area (Å²) in [4.78, 5) is 26.2. The molecule has 1 aromatic heterocycles. The van der Waals surface area contributed by atoms with Crippen LogP contribution in [-0.4, -0.2) is 47.0 Å². The summed E-state index contributed by atoms with van der Waals surface area (Å²) in [5.41, 5.74) is 3.92. The fourth-order valence-corrected chi connectivity index (χ4v) is 3.53. The van der Waals surface area contributed by atoms with Gasteiger partial charge in [0.15, 0.2) is 5.82 Å². The summed E-state index contributed by atoms with van der Waals surface area (Å²) < 4.78 is 0. The zero-order valence-electron chi connectivity index (χ0n) is 16.3. The first-order chi connectivity index (χ1) is 13.6. The molecule has 0 N–H and O–H groups in total. The molecule has 0 spiro atoms. The van der Waals surface area contributed by atoms with E-state index in [2.05, 4.69) is 28.9 Å². The Kier molecular flexibility index (Phi) is 5.06. The minimum absolute atomic E-state index is 0.0968. The molecule has 0 saturated carbocycles. The molecule has 0 bridgehead atoms. The number of amides is 1. The van der Waals surface area contributed by atoms with Gasteiger partial charge < -0.3 is 9.80 Å². The number of anilines is 1. The highest BCUT2D eigenvalue weighted by atomic mass is 16.2. The van der Waals surface area contributed by atoms with E-state index in [1.165, 1.54) is 5.56 Å². The van der Waals surface area contributed by atoms with Gasteiger partial charge >= 0.3 is 0 Å². The molecule has 142 valence electrons. The van der Waals surface area contributed by atoms with Crippen LogP contribution in [0.2, 0.25) is 0 Å². The normalized spacial score (nSPS) is 14.2. The lowest BCUT2D eigenvalue weighted by Crippen LogP contribution is -2.49. The van der Waals surface area contributed by atoms with Crippen molar-refractivity contribution < 1.29 is 4.79 Å². The third kappa shape index (κ3) is 3.88. The maximum atomic E-state index is 12.6. The van der Waals surface area contributed by atoms with Crippen molar-refractivity contribution in [1.82, 2.24) is 14.9 Å². The summed E-state index contributed by atoms with van der Waals surface area (Å²) in [7, 11) is 0. The van der Waals surface area contributed by atoms with Gasteiger partial charge in [-0.3, -0.25) is 4.79 Å². The summed E-state index contributed by atoms with van der Waals surface area (Å²) >= 11 is 0. The van der Waals surface area contributed by atoms with Crippen molar-refractivity contribution in [3.05, 3.63) is 77.5 Å². The second kappa shape index (κ2) is 7.80. The standard InChI is InChI=1S/C23H24N4O/c1-17-7-6-10-20(15-17)22-24-18(2)16-21(25-22)26-11-13-27(14-12-26)23(28)19-8-4-3-5-9-19/h3-10,15-16H,11-14H2,1-2H3. The largest absolute Gasteiger partial charge is 0.353 e. The van der Waals surface area contributed by atoms with Crippen LogP contribution in [0.4, 0.5) is 5.82 Å². The minimum atomic E-state index is 0.0968. The molecule has 1 amide bonds. The van der Waals surface area contributed by atoms with Gasteiger partial charge in [-0.15, -0.1) is 0 Å². The smallest absolute Gasteiger partial charge is 0.253 e. The van der Waals surface area contributed by atoms with Gasteiger partial charge in [0.2, 0.25) is 0 Å². The molecule has 1 aliphatic heterocycles. The summed E-state index contributed by atoms with van der Waals surface area (Å²) in [5.74, 6) is 1.77. The molecule has 0 unspecified atom stereocenters. The lowest BCUT2D eigenvalue weighted by Gasteiger charge is -2.35. The molecule has 0 atom stereocenters. The molecule has 5 heteroatoms. The molecule has 0 aliphatic carbocycles. The van der Waals surface area contributed by atoms with Crippen LogP contribution in [0, 0.1) is 13.8 Å². The predicted molar refractivity (Wildman–Crippen MR) is 112 cm³/mol. The first-order valence-corrected chi connectivity index (χ1v) is 9.62. The Morgan fingerprint density at radius 3 is 2.32 bits per heavy atom. The maximum absolute atomic E-state index is 12.6. The van der Waals surface area contributed by atoms with E-state index in [0.29, 0.717) is 13.1 Å². The van der Waals surface area contributed by atoms with E-state index < -0.39 is 0 Å². The molecule has 4 rings (SSSR count). The molecular formula is C23H24N4O. The third-order valence-corrected chi connectivity index (χ3v) is 5.03. The summed E-state index contributed by atoms with van der Waals surface area (Å²) in [6, 6.07) is 19.8. The van der Waals surface area contributed by atoms with Crippen LogP contribution in [0.25, 0.3) is 11.4 Å². The van der Waals surface area contributed by atoms with Crippen LogP contribution < -0.4 is 4.90 Å². The molecule has 1 aliphatic rings. The van der Waals surface area contributed by atoms with E-state index in [-0.39, 0.29) is 5.91 Å². The van der Waals surface area contributed by atoms with Gasteiger partial charge in [-0.05, 0) is 32.0 Å². The summed E-state index contributed by atoms with van der Waals surface area (Å²) in [6.07, 6.45) is 0. The Morgan fingerprint density at radius 2 is 1.61 bits per heavy atom. The van der Waals surface area contributed by atoms with Crippen LogP contribution in [0.1, 0.15) is 21.6 Å². The summed E-state index contributed by atoms with van der Waals surface area (Å²) in [5, 5.41) is 0. The number of hydrogen-bond donors (Lipinski definition) is 0. The first-order valence-electron chi connectivity index (χ1n) is 9.62. The lowest BCUT2D eigenvalue weighted by molar-refractivity contribution is 0.0746. The second-order valence-electron chi connectivity index (χ2n) is 7.21.